The highest BCUT2D eigenvalue weighted by molar-refractivity contribution is 7.99. The van der Waals surface area contributed by atoms with Crippen LogP contribution in [0, 0.1) is 6.92 Å². The second-order valence-corrected chi connectivity index (χ2v) is 11.5. The predicted octanol–water partition coefficient (Wildman–Crippen LogP) is 6.47. The van der Waals surface area contributed by atoms with Crippen LogP contribution in [0.15, 0.2) is 75.6 Å². The van der Waals surface area contributed by atoms with Crippen LogP contribution in [-0.2, 0) is 10.3 Å². The summed E-state index contributed by atoms with van der Waals surface area (Å²) in [4.78, 5) is 14.4. The molecule has 0 unspecified atom stereocenters. The maximum absolute atomic E-state index is 5.79. The molecular weight excluding hydrogens is 448 g/mol. The normalized spacial score (nSPS) is 16.5. The smallest absolute Gasteiger partial charge is 0.156 e. The fourth-order valence-corrected chi connectivity index (χ4v) is 5.56. The Morgan fingerprint density at radius 3 is 2.52 bits per heavy atom. The van der Waals surface area contributed by atoms with E-state index in [1.807, 2.05) is 18.2 Å². The molecule has 2 aromatic carbocycles. The van der Waals surface area contributed by atoms with Gasteiger partial charge in [-0.2, -0.15) is 0 Å². The Kier molecular flexibility index (Phi) is 5.95. The SMILES string of the molecule is Cc1ccc([C@H]2CONC(c3c(Sc4ccc(C(C)(C)C)cc4)nnc4ccccc34)=N2)s1. The lowest BCUT2D eigenvalue weighted by molar-refractivity contribution is 0.0628. The molecule has 33 heavy (non-hydrogen) atoms. The lowest BCUT2D eigenvalue weighted by atomic mass is 9.87. The summed E-state index contributed by atoms with van der Waals surface area (Å²) in [5.41, 5.74) is 6.23. The number of nitrogens with one attached hydrogen (secondary N) is 1. The van der Waals surface area contributed by atoms with Gasteiger partial charge in [0, 0.05) is 20.0 Å². The number of hydrogen-bond acceptors (Lipinski definition) is 7. The molecular formula is C26H26N4OS2. The first-order valence-electron chi connectivity index (χ1n) is 10.9. The number of benzene rings is 2. The van der Waals surface area contributed by atoms with Crippen molar-refractivity contribution < 1.29 is 4.84 Å². The molecule has 0 saturated carbocycles. The predicted molar refractivity (Wildman–Crippen MR) is 136 cm³/mol. The molecule has 7 heteroatoms. The number of aliphatic imine (C=N–C) groups is 1. The van der Waals surface area contributed by atoms with Gasteiger partial charge in [0.05, 0.1) is 11.1 Å². The lowest BCUT2D eigenvalue weighted by Crippen LogP contribution is -2.33. The molecule has 5 nitrogen and oxygen atoms in total. The summed E-state index contributed by atoms with van der Waals surface area (Å²) < 4.78 is 0. The maximum atomic E-state index is 5.79. The van der Waals surface area contributed by atoms with Crippen LogP contribution in [0.25, 0.3) is 10.9 Å². The van der Waals surface area contributed by atoms with Gasteiger partial charge >= 0.3 is 0 Å². The zero-order valence-corrected chi connectivity index (χ0v) is 20.8. The van der Waals surface area contributed by atoms with Crippen molar-refractivity contribution in [3.05, 3.63) is 81.5 Å². The van der Waals surface area contributed by atoms with Gasteiger partial charge in [0.25, 0.3) is 0 Å². The average Bonchev–Trinajstić information content (AvgIpc) is 3.25. The molecule has 0 saturated heterocycles. The summed E-state index contributed by atoms with van der Waals surface area (Å²) in [7, 11) is 0. The van der Waals surface area contributed by atoms with Crippen LogP contribution in [0.2, 0.25) is 0 Å². The van der Waals surface area contributed by atoms with Crippen LogP contribution in [0.4, 0.5) is 0 Å². The third-order valence-electron chi connectivity index (χ3n) is 5.59. The first-order valence-corrected chi connectivity index (χ1v) is 12.6. The fourth-order valence-electron chi connectivity index (χ4n) is 3.77. The Hall–Kier alpha value is -2.74. The fraction of sp³-hybridized carbons (Fsp3) is 0.269. The van der Waals surface area contributed by atoms with E-state index in [4.69, 9.17) is 9.83 Å². The molecule has 0 fully saturated rings. The third kappa shape index (κ3) is 4.67. The van der Waals surface area contributed by atoms with E-state index in [0.717, 1.165) is 26.4 Å². The summed E-state index contributed by atoms with van der Waals surface area (Å²) in [6.45, 7) is 9.28. The number of thiophene rings is 1. The number of rotatable bonds is 4. The second-order valence-electron chi connectivity index (χ2n) is 9.13. The summed E-state index contributed by atoms with van der Waals surface area (Å²) in [6, 6.07) is 20.9. The first-order chi connectivity index (χ1) is 15.9. The van der Waals surface area contributed by atoms with Crippen molar-refractivity contribution in [2.75, 3.05) is 6.61 Å². The van der Waals surface area contributed by atoms with Crippen LogP contribution < -0.4 is 5.48 Å². The van der Waals surface area contributed by atoms with Gasteiger partial charge in [-0.25, -0.2) is 5.48 Å². The largest absolute Gasteiger partial charge is 0.272 e. The van der Waals surface area contributed by atoms with Crippen LogP contribution >= 0.6 is 23.1 Å². The molecule has 168 valence electrons. The van der Waals surface area contributed by atoms with Gasteiger partial charge in [0.2, 0.25) is 0 Å². The van der Waals surface area contributed by atoms with E-state index in [0.29, 0.717) is 12.4 Å². The molecule has 1 atom stereocenters. The van der Waals surface area contributed by atoms with Crippen molar-refractivity contribution in [1.29, 1.82) is 0 Å². The highest BCUT2D eigenvalue weighted by atomic mass is 32.2. The molecule has 0 bridgehead atoms. The van der Waals surface area contributed by atoms with Crippen LogP contribution in [-0.4, -0.2) is 22.6 Å². The summed E-state index contributed by atoms with van der Waals surface area (Å²) in [5.74, 6) is 0.692. The number of amidine groups is 1. The van der Waals surface area contributed by atoms with E-state index in [1.54, 1.807) is 23.1 Å². The van der Waals surface area contributed by atoms with Gasteiger partial charge < -0.3 is 0 Å². The van der Waals surface area contributed by atoms with Crippen LogP contribution in [0.5, 0.6) is 0 Å². The quantitative estimate of drug-likeness (QED) is 0.367. The van der Waals surface area contributed by atoms with E-state index < -0.39 is 0 Å². The Labute approximate surface area is 202 Å². The minimum absolute atomic E-state index is 0.0456. The zero-order valence-electron chi connectivity index (χ0n) is 19.1. The molecule has 5 rings (SSSR count). The zero-order chi connectivity index (χ0) is 23.0. The molecule has 0 aliphatic carbocycles. The van der Waals surface area contributed by atoms with Crippen molar-refractivity contribution in [3.63, 3.8) is 0 Å². The second kappa shape index (κ2) is 8.89. The highest BCUT2D eigenvalue weighted by Gasteiger charge is 2.24. The topological polar surface area (TPSA) is 59.4 Å². The molecule has 0 radical (unpaired) electrons. The standard InChI is InChI=1S/C26H26N4OS2/c1-16-9-14-22(32-16)21-15-31-30-24(27-21)23-19-7-5-6-8-20(19)28-29-25(23)33-18-12-10-17(11-13-18)26(2,3)4/h5-14,21H,15H2,1-4H3,(H,27,30)/t21-/m1/s1. The van der Waals surface area contributed by atoms with Crippen molar-refractivity contribution in [1.82, 2.24) is 15.7 Å². The Bertz CT molecular complexity index is 1320. The molecule has 1 aliphatic heterocycles. The minimum Gasteiger partial charge on any atom is -0.272 e. The van der Waals surface area contributed by atoms with Crippen LogP contribution in [0.1, 0.15) is 47.7 Å². The average molecular weight is 475 g/mol. The van der Waals surface area contributed by atoms with Gasteiger partial charge in [0.15, 0.2) is 5.84 Å². The first kappa shape index (κ1) is 22.1. The molecule has 1 aliphatic rings. The number of fused-ring (bicyclic) bond motifs is 1. The number of nitrogens with zero attached hydrogens (tertiary/aromatic N) is 3. The van der Waals surface area contributed by atoms with Gasteiger partial charge in [-0.05, 0) is 48.2 Å². The van der Waals surface area contributed by atoms with Crippen molar-refractivity contribution >= 4 is 39.8 Å². The molecule has 0 spiro atoms. The lowest BCUT2D eigenvalue weighted by Gasteiger charge is -2.23. The Morgan fingerprint density at radius 2 is 1.79 bits per heavy atom. The molecule has 0 amide bonds. The van der Waals surface area contributed by atoms with E-state index in [-0.39, 0.29) is 11.5 Å². The van der Waals surface area contributed by atoms with Crippen molar-refractivity contribution in [2.45, 2.75) is 49.1 Å². The number of hydrogen-bond donors (Lipinski definition) is 1. The summed E-state index contributed by atoms with van der Waals surface area (Å²) in [5, 5.41) is 10.9. The van der Waals surface area contributed by atoms with Crippen LogP contribution in [0.3, 0.4) is 0 Å². The van der Waals surface area contributed by atoms with Gasteiger partial charge in [0.1, 0.15) is 17.7 Å². The number of aryl methyl sites for hydroxylation is 1. The van der Waals surface area contributed by atoms with E-state index in [9.17, 15) is 0 Å². The third-order valence-corrected chi connectivity index (χ3v) is 7.68. The summed E-state index contributed by atoms with van der Waals surface area (Å²) in [6.07, 6.45) is 0. The van der Waals surface area contributed by atoms with Crippen molar-refractivity contribution in [3.8, 4) is 0 Å². The minimum atomic E-state index is -0.0456. The van der Waals surface area contributed by atoms with E-state index in [1.165, 1.54) is 15.3 Å². The Morgan fingerprint density at radius 1 is 1.00 bits per heavy atom. The van der Waals surface area contributed by atoms with E-state index in [2.05, 4.69) is 85.8 Å². The van der Waals surface area contributed by atoms with Gasteiger partial charge in [-0.15, -0.1) is 21.5 Å². The van der Waals surface area contributed by atoms with E-state index >= 15 is 0 Å². The molecule has 2 aromatic heterocycles. The molecule has 4 aromatic rings. The molecule has 3 heterocycles. The van der Waals surface area contributed by atoms with Gasteiger partial charge in [-0.3, -0.25) is 9.83 Å². The highest BCUT2D eigenvalue weighted by Crippen LogP contribution is 2.35. The summed E-state index contributed by atoms with van der Waals surface area (Å²) >= 11 is 3.35. The monoisotopic (exact) mass is 474 g/mol. The van der Waals surface area contributed by atoms with Crippen molar-refractivity contribution in [2.24, 2.45) is 4.99 Å². The molecule has 1 N–H and O–H groups in total. The number of hydroxylamine groups is 1. The Balaban J connectivity index is 1.57. The number of aromatic nitrogens is 2. The van der Waals surface area contributed by atoms with Gasteiger partial charge in [-0.1, -0.05) is 62.9 Å². The maximum Gasteiger partial charge on any atom is 0.156 e.